The Morgan fingerprint density at radius 1 is 1.12 bits per heavy atom. The lowest BCUT2D eigenvalue weighted by atomic mass is 10.2. The first kappa shape index (κ1) is 23.9. The van der Waals surface area contributed by atoms with E-state index >= 15 is 0 Å². The fourth-order valence-corrected chi connectivity index (χ4v) is 4.90. The lowest BCUT2D eigenvalue weighted by molar-refractivity contribution is -0.119. The number of halogens is 1. The normalized spacial score (nSPS) is 15.1. The summed E-state index contributed by atoms with van der Waals surface area (Å²) >= 11 is 6.12. The fraction of sp³-hybridized carbons (Fsp3) is 0.400. The van der Waals surface area contributed by atoms with E-state index in [-0.39, 0.29) is 21.3 Å². The molecule has 32 heavy (non-hydrogen) atoms. The van der Waals surface area contributed by atoms with Crippen LogP contribution < -0.4 is 10.9 Å². The predicted molar refractivity (Wildman–Crippen MR) is 117 cm³/mol. The molecule has 1 amide bonds. The van der Waals surface area contributed by atoms with Gasteiger partial charge >= 0.3 is 5.97 Å². The van der Waals surface area contributed by atoms with Crippen LogP contribution in [-0.4, -0.2) is 54.1 Å². The number of amides is 1. The van der Waals surface area contributed by atoms with Crippen molar-refractivity contribution in [2.75, 3.05) is 25.0 Å². The molecule has 12 heteroatoms. The second kappa shape index (κ2) is 10.2. The van der Waals surface area contributed by atoms with Gasteiger partial charge in [-0.25, -0.2) is 17.9 Å². The highest BCUT2D eigenvalue weighted by molar-refractivity contribution is 7.89. The molecule has 1 saturated heterocycles. The number of benzene rings is 1. The maximum absolute atomic E-state index is 13.0. The molecule has 1 N–H and O–H groups in total. The van der Waals surface area contributed by atoms with Crippen LogP contribution in [0.4, 0.5) is 5.69 Å². The highest BCUT2D eigenvalue weighted by atomic mass is 35.5. The molecule has 0 spiro atoms. The topological polar surface area (TPSA) is 128 Å². The number of ether oxygens (including phenoxy) is 1. The van der Waals surface area contributed by atoms with Crippen LogP contribution in [0.2, 0.25) is 5.02 Å². The molecule has 1 aliphatic rings. The van der Waals surface area contributed by atoms with Crippen molar-refractivity contribution >= 4 is 39.2 Å². The third kappa shape index (κ3) is 5.72. The van der Waals surface area contributed by atoms with Crippen molar-refractivity contribution in [1.29, 1.82) is 0 Å². The Bertz CT molecular complexity index is 1170. The van der Waals surface area contributed by atoms with Gasteiger partial charge in [0.25, 0.3) is 11.5 Å². The van der Waals surface area contributed by atoms with Gasteiger partial charge in [0.2, 0.25) is 10.0 Å². The Hall–Kier alpha value is -2.76. The first-order valence-electron chi connectivity index (χ1n) is 9.99. The fourth-order valence-electron chi connectivity index (χ4n) is 3.19. The zero-order valence-electron chi connectivity index (χ0n) is 17.4. The molecule has 1 aliphatic heterocycles. The van der Waals surface area contributed by atoms with Crippen LogP contribution in [0.15, 0.2) is 40.0 Å². The van der Waals surface area contributed by atoms with Crippen LogP contribution >= 0.6 is 11.6 Å². The van der Waals surface area contributed by atoms with E-state index < -0.39 is 34.1 Å². The predicted octanol–water partition coefficient (Wildman–Crippen LogP) is 1.79. The Morgan fingerprint density at radius 2 is 1.81 bits per heavy atom. The molecule has 1 fully saturated rings. The van der Waals surface area contributed by atoms with E-state index in [0.717, 1.165) is 36.4 Å². The van der Waals surface area contributed by atoms with Crippen molar-refractivity contribution in [3.8, 4) is 0 Å². The summed E-state index contributed by atoms with van der Waals surface area (Å²) in [5.41, 5.74) is -0.448. The average Bonchev–Trinajstić information content (AvgIpc) is 3.05. The molecule has 1 aromatic carbocycles. The average molecular weight is 483 g/mol. The van der Waals surface area contributed by atoms with Crippen molar-refractivity contribution in [1.82, 2.24) is 14.1 Å². The van der Waals surface area contributed by atoms with E-state index in [1.165, 1.54) is 35.6 Å². The van der Waals surface area contributed by atoms with Gasteiger partial charge in [-0.3, -0.25) is 9.59 Å². The van der Waals surface area contributed by atoms with Crippen LogP contribution in [0.3, 0.4) is 0 Å². The van der Waals surface area contributed by atoms with Gasteiger partial charge in [0, 0.05) is 26.2 Å². The zero-order chi connectivity index (χ0) is 23.3. The highest BCUT2D eigenvalue weighted by Crippen LogP contribution is 2.28. The van der Waals surface area contributed by atoms with Crippen molar-refractivity contribution < 1.29 is 22.7 Å². The lowest BCUT2D eigenvalue weighted by Crippen LogP contribution is -2.32. The molecule has 0 saturated carbocycles. The summed E-state index contributed by atoms with van der Waals surface area (Å²) in [6.07, 6.45) is 3.57. The number of nitrogens with zero attached hydrogens (tertiary/aromatic N) is 3. The molecule has 10 nitrogen and oxygen atoms in total. The van der Waals surface area contributed by atoms with Crippen molar-refractivity contribution in [2.45, 2.75) is 30.6 Å². The Morgan fingerprint density at radius 3 is 2.47 bits per heavy atom. The second-order valence-corrected chi connectivity index (χ2v) is 9.61. The van der Waals surface area contributed by atoms with Crippen molar-refractivity contribution in [3.05, 3.63) is 51.4 Å². The lowest BCUT2D eigenvalue weighted by Gasteiger charge is -2.20. The van der Waals surface area contributed by atoms with Gasteiger partial charge in [-0.05, 0) is 37.1 Å². The molecule has 0 atom stereocenters. The number of nitrogens with one attached hydrogen (secondary N) is 1. The summed E-state index contributed by atoms with van der Waals surface area (Å²) in [6, 6.07) is 6.42. The second-order valence-electron chi connectivity index (χ2n) is 7.26. The van der Waals surface area contributed by atoms with Gasteiger partial charge in [-0.1, -0.05) is 24.4 Å². The number of carbonyl (C=O) groups excluding carboxylic acids is 2. The van der Waals surface area contributed by atoms with E-state index in [4.69, 9.17) is 16.3 Å². The molecule has 3 rings (SSSR count). The van der Waals surface area contributed by atoms with Crippen LogP contribution in [0.1, 0.15) is 36.2 Å². The van der Waals surface area contributed by atoms with Crippen LogP contribution in [0.5, 0.6) is 0 Å². The van der Waals surface area contributed by atoms with Crippen molar-refractivity contribution in [3.63, 3.8) is 0 Å². The number of esters is 1. The van der Waals surface area contributed by atoms with Gasteiger partial charge in [0.15, 0.2) is 12.3 Å². The minimum atomic E-state index is -3.73. The maximum Gasteiger partial charge on any atom is 0.359 e. The molecule has 2 aromatic rings. The van der Waals surface area contributed by atoms with Crippen molar-refractivity contribution in [2.24, 2.45) is 7.05 Å². The molecule has 0 aliphatic carbocycles. The molecule has 2 heterocycles. The first-order chi connectivity index (χ1) is 15.2. The van der Waals surface area contributed by atoms with E-state index in [2.05, 4.69) is 10.4 Å². The number of aryl methyl sites for hydroxylation is 1. The molecule has 0 unspecified atom stereocenters. The number of hydrogen-bond donors (Lipinski definition) is 1. The standard InChI is InChI=1S/C20H23ClN4O6S/c1-24-19(27)9-8-16(23-24)20(28)31-13-18(26)22-17-12-14(6-7-15(17)21)32(29,30)25-10-4-2-3-5-11-25/h6-9,12H,2-5,10-11,13H2,1H3,(H,22,26). The number of anilines is 1. The minimum Gasteiger partial charge on any atom is -0.451 e. The molecular formula is C20H23ClN4O6S. The summed E-state index contributed by atoms with van der Waals surface area (Å²) < 4.78 is 33.3. The third-order valence-corrected chi connectivity index (χ3v) is 7.14. The quantitative estimate of drug-likeness (QED) is 0.621. The number of rotatable bonds is 6. The summed E-state index contributed by atoms with van der Waals surface area (Å²) in [6.45, 7) is 0.242. The molecule has 0 bridgehead atoms. The van der Waals surface area contributed by atoms with Gasteiger partial charge < -0.3 is 10.1 Å². The smallest absolute Gasteiger partial charge is 0.359 e. The summed E-state index contributed by atoms with van der Waals surface area (Å²) in [5, 5.41) is 6.34. The molecule has 0 radical (unpaired) electrons. The highest BCUT2D eigenvalue weighted by Gasteiger charge is 2.26. The Labute approximate surface area is 190 Å². The van der Waals surface area contributed by atoms with E-state index in [1.807, 2.05) is 0 Å². The van der Waals surface area contributed by atoms with Gasteiger partial charge in [-0.2, -0.15) is 9.40 Å². The largest absolute Gasteiger partial charge is 0.451 e. The van der Waals surface area contributed by atoms with E-state index in [1.54, 1.807) is 0 Å². The van der Waals surface area contributed by atoms with Gasteiger partial charge in [0.1, 0.15) is 0 Å². The van der Waals surface area contributed by atoms with Crippen LogP contribution in [-0.2, 0) is 26.6 Å². The number of aromatic nitrogens is 2. The molecule has 172 valence electrons. The SMILES string of the molecule is Cn1nc(C(=O)OCC(=O)Nc2cc(S(=O)(=O)N3CCCCCC3)ccc2Cl)ccc1=O. The van der Waals surface area contributed by atoms with E-state index in [9.17, 15) is 22.8 Å². The third-order valence-electron chi connectivity index (χ3n) is 4.92. The van der Waals surface area contributed by atoms with Gasteiger partial charge in [0.05, 0.1) is 15.6 Å². The molecule has 1 aromatic heterocycles. The first-order valence-corrected chi connectivity index (χ1v) is 11.8. The van der Waals surface area contributed by atoms with Crippen LogP contribution in [0.25, 0.3) is 0 Å². The molecular weight excluding hydrogens is 460 g/mol. The number of sulfonamides is 1. The number of carbonyl (C=O) groups is 2. The zero-order valence-corrected chi connectivity index (χ0v) is 19.0. The summed E-state index contributed by atoms with van der Waals surface area (Å²) in [4.78, 5) is 35.6. The Kier molecular flexibility index (Phi) is 7.64. The monoisotopic (exact) mass is 482 g/mol. The summed E-state index contributed by atoms with van der Waals surface area (Å²) in [5.74, 6) is -1.60. The number of hydrogen-bond acceptors (Lipinski definition) is 7. The van der Waals surface area contributed by atoms with E-state index in [0.29, 0.717) is 13.1 Å². The Balaban J connectivity index is 1.67. The maximum atomic E-state index is 13.0. The van der Waals surface area contributed by atoms with Gasteiger partial charge in [-0.15, -0.1) is 0 Å². The summed E-state index contributed by atoms with van der Waals surface area (Å²) in [7, 11) is -2.35. The minimum absolute atomic E-state index is 0.0190. The van der Waals surface area contributed by atoms with Crippen LogP contribution in [0, 0.1) is 0 Å².